The molecule has 0 aliphatic heterocycles. The monoisotopic (exact) mass is 355 g/mol. The second-order valence-electron chi connectivity index (χ2n) is 6.40. The zero-order valence-corrected chi connectivity index (χ0v) is 15.2. The molecule has 1 heterocycles. The van der Waals surface area contributed by atoms with Gasteiger partial charge in [-0.2, -0.15) is 0 Å². The summed E-state index contributed by atoms with van der Waals surface area (Å²) in [7, 11) is 3.05. The SMILES string of the molecule is COc1cccc(OC)c1C(=O)Nc1ccc(NC2CCCCC2)nc1. The average Bonchev–Trinajstić information content (AvgIpc) is 2.69. The number of hydrogen-bond donors (Lipinski definition) is 2. The summed E-state index contributed by atoms with van der Waals surface area (Å²) in [5.74, 6) is 1.47. The van der Waals surface area contributed by atoms with Crippen LogP contribution in [0.1, 0.15) is 42.5 Å². The molecule has 1 saturated carbocycles. The maximum atomic E-state index is 12.7. The normalized spacial score (nSPS) is 14.5. The lowest BCUT2D eigenvalue weighted by Crippen LogP contribution is -2.22. The predicted octanol–water partition coefficient (Wildman–Crippen LogP) is 4.10. The largest absolute Gasteiger partial charge is 0.496 e. The Kier molecular flexibility index (Phi) is 5.94. The zero-order valence-electron chi connectivity index (χ0n) is 15.2. The Bertz CT molecular complexity index is 718. The van der Waals surface area contributed by atoms with E-state index in [0.717, 1.165) is 5.82 Å². The summed E-state index contributed by atoms with van der Waals surface area (Å²) in [6.07, 6.45) is 7.90. The van der Waals surface area contributed by atoms with Gasteiger partial charge < -0.3 is 20.1 Å². The molecule has 138 valence electrons. The number of hydrogen-bond acceptors (Lipinski definition) is 5. The van der Waals surface area contributed by atoms with Crippen molar-refractivity contribution in [2.75, 3.05) is 24.9 Å². The number of amides is 1. The van der Waals surface area contributed by atoms with E-state index >= 15 is 0 Å². The van der Waals surface area contributed by atoms with Crippen molar-refractivity contribution in [2.24, 2.45) is 0 Å². The maximum Gasteiger partial charge on any atom is 0.263 e. The van der Waals surface area contributed by atoms with Crippen molar-refractivity contribution in [1.29, 1.82) is 0 Å². The third-order valence-electron chi connectivity index (χ3n) is 4.63. The van der Waals surface area contributed by atoms with Crippen molar-refractivity contribution in [3.8, 4) is 11.5 Å². The Balaban J connectivity index is 1.68. The highest BCUT2D eigenvalue weighted by atomic mass is 16.5. The highest BCUT2D eigenvalue weighted by molar-refractivity contribution is 6.08. The van der Waals surface area contributed by atoms with Gasteiger partial charge in [0.25, 0.3) is 5.91 Å². The number of benzene rings is 1. The summed E-state index contributed by atoms with van der Waals surface area (Å²) in [5, 5.41) is 6.32. The molecule has 6 heteroatoms. The van der Waals surface area contributed by atoms with Gasteiger partial charge in [0.2, 0.25) is 0 Å². The van der Waals surface area contributed by atoms with E-state index in [2.05, 4.69) is 15.6 Å². The van der Waals surface area contributed by atoms with E-state index in [4.69, 9.17) is 9.47 Å². The molecule has 6 nitrogen and oxygen atoms in total. The molecular formula is C20H25N3O3. The average molecular weight is 355 g/mol. The molecule has 1 fully saturated rings. The third-order valence-corrected chi connectivity index (χ3v) is 4.63. The number of pyridine rings is 1. The van der Waals surface area contributed by atoms with Gasteiger partial charge in [0.1, 0.15) is 22.9 Å². The van der Waals surface area contributed by atoms with Crippen LogP contribution in [0.25, 0.3) is 0 Å². The first-order chi connectivity index (χ1) is 12.7. The minimum Gasteiger partial charge on any atom is -0.496 e. The lowest BCUT2D eigenvalue weighted by molar-refractivity contribution is 0.102. The Morgan fingerprint density at radius 2 is 1.73 bits per heavy atom. The number of methoxy groups -OCH3 is 2. The van der Waals surface area contributed by atoms with Gasteiger partial charge in [0, 0.05) is 6.04 Å². The molecule has 1 aromatic carbocycles. The van der Waals surface area contributed by atoms with Crippen molar-refractivity contribution in [3.63, 3.8) is 0 Å². The van der Waals surface area contributed by atoms with E-state index in [0.29, 0.717) is 28.8 Å². The standard InChI is InChI=1S/C20H25N3O3/c1-25-16-9-6-10-17(26-2)19(16)20(24)23-15-11-12-18(21-13-15)22-14-7-4-3-5-8-14/h6,9-14H,3-5,7-8H2,1-2H3,(H,21,22)(H,23,24). The van der Waals surface area contributed by atoms with Crippen LogP contribution >= 0.6 is 0 Å². The number of aromatic nitrogens is 1. The summed E-state index contributed by atoms with van der Waals surface area (Å²) >= 11 is 0. The highest BCUT2D eigenvalue weighted by Crippen LogP contribution is 2.29. The molecule has 1 aliphatic carbocycles. The number of rotatable bonds is 6. The molecule has 0 bridgehead atoms. The van der Waals surface area contributed by atoms with Crippen LogP contribution < -0.4 is 20.1 Å². The number of nitrogens with one attached hydrogen (secondary N) is 2. The van der Waals surface area contributed by atoms with Crippen molar-refractivity contribution >= 4 is 17.4 Å². The Hall–Kier alpha value is -2.76. The zero-order chi connectivity index (χ0) is 18.4. The van der Waals surface area contributed by atoms with Crippen molar-refractivity contribution < 1.29 is 14.3 Å². The molecule has 1 aliphatic rings. The van der Waals surface area contributed by atoms with Crippen molar-refractivity contribution in [1.82, 2.24) is 4.98 Å². The quantitative estimate of drug-likeness (QED) is 0.816. The van der Waals surface area contributed by atoms with E-state index in [1.807, 2.05) is 12.1 Å². The van der Waals surface area contributed by atoms with E-state index in [9.17, 15) is 4.79 Å². The van der Waals surface area contributed by atoms with Gasteiger partial charge in [0.15, 0.2) is 0 Å². The molecular weight excluding hydrogens is 330 g/mol. The van der Waals surface area contributed by atoms with Gasteiger partial charge in [-0.3, -0.25) is 4.79 Å². The second-order valence-corrected chi connectivity index (χ2v) is 6.40. The Morgan fingerprint density at radius 1 is 1.04 bits per heavy atom. The van der Waals surface area contributed by atoms with E-state index < -0.39 is 0 Å². The lowest BCUT2D eigenvalue weighted by Gasteiger charge is -2.23. The Labute approximate surface area is 153 Å². The number of anilines is 2. The maximum absolute atomic E-state index is 12.7. The minimum atomic E-state index is -0.297. The summed E-state index contributed by atoms with van der Waals surface area (Å²) in [6.45, 7) is 0. The van der Waals surface area contributed by atoms with Crippen LogP contribution in [-0.2, 0) is 0 Å². The first kappa shape index (κ1) is 18.0. The molecule has 2 N–H and O–H groups in total. The summed E-state index contributed by atoms with van der Waals surface area (Å²) in [4.78, 5) is 17.1. The molecule has 0 unspecified atom stereocenters. The fourth-order valence-electron chi connectivity index (χ4n) is 3.28. The first-order valence-corrected chi connectivity index (χ1v) is 8.96. The van der Waals surface area contributed by atoms with E-state index in [1.54, 1.807) is 24.4 Å². The van der Waals surface area contributed by atoms with Gasteiger partial charge >= 0.3 is 0 Å². The first-order valence-electron chi connectivity index (χ1n) is 8.96. The van der Waals surface area contributed by atoms with Crippen molar-refractivity contribution in [3.05, 3.63) is 42.1 Å². The van der Waals surface area contributed by atoms with Crippen LogP contribution in [0.4, 0.5) is 11.5 Å². The molecule has 26 heavy (non-hydrogen) atoms. The number of ether oxygens (including phenoxy) is 2. The molecule has 1 aromatic heterocycles. The molecule has 2 aromatic rings. The Morgan fingerprint density at radius 3 is 2.31 bits per heavy atom. The molecule has 0 saturated heterocycles. The highest BCUT2D eigenvalue weighted by Gasteiger charge is 2.18. The number of carbonyl (C=O) groups excluding carboxylic acids is 1. The van der Waals surface area contributed by atoms with Crippen LogP contribution in [0.3, 0.4) is 0 Å². The fraction of sp³-hybridized carbons (Fsp3) is 0.400. The van der Waals surface area contributed by atoms with Crippen LogP contribution in [0.15, 0.2) is 36.5 Å². The van der Waals surface area contributed by atoms with Gasteiger partial charge in [-0.15, -0.1) is 0 Å². The van der Waals surface area contributed by atoms with Crippen LogP contribution in [0.2, 0.25) is 0 Å². The lowest BCUT2D eigenvalue weighted by atomic mass is 9.95. The van der Waals surface area contributed by atoms with E-state index in [-0.39, 0.29) is 5.91 Å². The van der Waals surface area contributed by atoms with Gasteiger partial charge in [-0.1, -0.05) is 25.3 Å². The number of nitrogens with zero attached hydrogens (tertiary/aromatic N) is 1. The van der Waals surface area contributed by atoms with Crippen LogP contribution in [0.5, 0.6) is 11.5 Å². The molecule has 0 atom stereocenters. The molecule has 0 radical (unpaired) electrons. The summed E-state index contributed by atoms with van der Waals surface area (Å²) < 4.78 is 10.6. The topological polar surface area (TPSA) is 72.5 Å². The summed E-state index contributed by atoms with van der Waals surface area (Å²) in [6, 6.07) is 9.47. The van der Waals surface area contributed by atoms with Gasteiger partial charge in [-0.05, 0) is 37.1 Å². The van der Waals surface area contributed by atoms with Gasteiger partial charge in [-0.25, -0.2) is 4.98 Å². The van der Waals surface area contributed by atoms with Crippen LogP contribution in [-0.4, -0.2) is 31.2 Å². The van der Waals surface area contributed by atoms with Crippen LogP contribution in [0, 0.1) is 0 Å². The van der Waals surface area contributed by atoms with Gasteiger partial charge in [0.05, 0.1) is 26.1 Å². The fourth-order valence-corrected chi connectivity index (χ4v) is 3.28. The predicted molar refractivity (Wildman–Crippen MR) is 102 cm³/mol. The second kappa shape index (κ2) is 8.56. The smallest absolute Gasteiger partial charge is 0.263 e. The van der Waals surface area contributed by atoms with Crippen molar-refractivity contribution in [2.45, 2.75) is 38.1 Å². The number of carbonyl (C=O) groups is 1. The van der Waals surface area contributed by atoms with E-state index in [1.165, 1.54) is 46.3 Å². The third kappa shape index (κ3) is 4.25. The molecule has 3 rings (SSSR count). The minimum absolute atomic E-state index is 0.297. The summed E-state index contributed by atoms with van der Waals surface area (Å²) in [5.41, 5.74) is 0.985. The molecule has 0 spiro atoms. The molecule has 1 amide bonds.